The summed E-state index contributed by atoms with van der Waals surface area (Å²) in [4.78, 5) is 10.3. The zero-order chi connectivity index (χ0) is 10.3. The lowest BCUT2D eigenvalue weighted by molar-refractivity contribution is -0.132. The summed E-state index contributed by atoms with van der Waals surface area (Å²) in [6, 6.07) is 0. The molecule has 13 heavy (non-hydrogen) atoms. The van der Waals surface area contributed by atoms with Gasteiger partial charge in [-0.05, 0) is 5.92 Å². The van der Waals surface area contributed by atoms with Crippen molar-refractivity contribution in [3.63, 3.8) is 0 Å². The van der Waals surface area contributed by atoms with E-state index in [1.54, 1.807) is 7.11 Å². The molecule has 1 unspecified atom stereocenters. The zero-order valence-electron chi connectivity index (χ0n) is 8.17. The van der Waals surface area contributed by atoms with Crippen LogP contribution in [0.3, 0.4) is 0 Å². The molecule has 2 N–H and O–H groups in total. The van der Waals surface area contributed by atoms with E-state index in [4.69, 9.17) is 9.84 Å². The quantitative estimate of drug-likeness (QED) is 0.570. The van der Waals surface area contributed by atoms with Gasteiger partial charge in [0, 0.05) is 32.4 Å². The molecule has 0 amide bonds. The summed E-state index contributed by atoms with van der Waals surface area (Å²) in [5.41, 5.74) is 0.185. The highest BCUT2D eigenvalue weighted by atomic mass is 16.5. The average Bonchev–Trinajstić information content (AvgIpc) is 2.04. The van der Waals surface area contributed by atoms with E-state index < -0.39 is 5.97 Å². The molecule has 0 aliphatic rings. The fourth-order valence-electron chi connectivity index (χ4n) is 0.889. The highest BCUT2D eigenvalue weighted by Crippen LogP contribution is 1.93. The Bertz CT molecular complexity index is 180. The van der Waals surface area contributed by atoms with Crippen LogP contribution in [0.4, 0.5) is 0 Å². The molecular weight excluding hydrogens is 170 g/mol. The van der Waals surface area contributed by atoms with Gasteiger partial charge in [-0.3, -0.25) is 0 Å². The maximum Gasteiger partial charge on any atom is 0.332 e. The van der Waals surface area contributed by atoms with Crippen molar-refractivity contribution in [3.8, 4) is 0 Å². The second-order valence-electron chi connectivity index (χ2n) is 3.10. The summed E-state index contributed by atoms with van der Waals surface area (Å²) in [6.07, 6.45) is 0. The van der Waals surface area contributed by atoms with Crippen molar-refractivity contribution in [1.82, 2.24) is 5.32 Å². The Morgan fingerprint density at radius 1 is 1.69 bits per heavy atom. The Kier molecular flexibility index (Phi) is 6.18. The Hall–Kier alpha value is -0.870. The number of hydrogen-bond donors (Lipinski definition) is 2. The van der Waals surface area contributed by atoms with E-state index in [-0.39, 0.29) is 5.57 Å². The number of carboxylic acids is 1. The lowest BCUT2D eigenvalue weighted by atomic mass is 10.2. The third kappa shape index (κ3) is 6.31. The van der Waals surface area contributed by atoms with Crippen LogP contribution in [0.25, 0.3) is 0 Å². The van der Waals surface area contributed by atoms with Crippen molar-refractivity contribution in [2.75, 3.05) is 26.8 Å². The number of nitrogens with one attached hydrogen (secondary N) is 1. The van der Waals surface area contributed by atoms with Crippen LogP contribution >= 0.6 is 0 Å². The van der Waals surface area contributed by atoms with Gasteiger partial charge in [0.2, 0.25) is 0 Å². The maximum absolute atomic E-state index is 10.3. The molecule has 4 nitrogen and oxygen atoms in total. The molecular formula is C9H17NO3. The van der Waals surface area contributed by atoms with Gasteiger partial charge in [-0.1, -0.05) is 13.5 Å². The van der Waals surface area contributed by atoms with Crippen LogP contribution in [-0.2, 0) is 9.53 Å². The summed E-state index contributed by atoms with van der Waals surface area (Å²) in [5.74, 6) is -0.571. The molecule has 0 aliphatic carbocycles. The van der Waals surface area contributed by atoms with Gasteiger partial charge in [0.05, 0.1) is 0 Å². The predicted molar refractivity (Wildman–Crippen MR) is 50.7 cm³/mol. The summed E-state index contributed by atoms with van der Waals surface area (Å²) < 4.78 is 4.93. The first kappa shape index (κ1) is 12.1. The molecule has 0 rings (SSSR count). The molecule has 0 saturated heterocycles. The van der Waals surface area contributed by atoms with Crippen LogP contribution < -0.4 is 5.32 Å². The summed E-state index contributed by atoms with van der Waals surface area (Å²) in [7, 11) is 1.65. The Morgan fingerprint density at radius 3 is 2.77 bits per heavy atom. The first-order valence-electron chi connectivity index (χ1n) is 4.18. The van der Waals surface area contributed by atoms with Crippen molar-refractivity contribution < 1.29 is 14.6 Å². The predicted octanol–water partition coefficient (Wildman–Crippen LogP) is 0.499. The highest BCUT2D eigenvalue weighted by molar-refractivity contribution is 5.86. The lowest BCUT2D eigenvalue weighted by Crippen LogP contribution is -2.27. The maximum atomic E-state index is 10.3. The van der Waals surface area contributed by atoms with E-state index >= 15 is 0 Å². The zero-order valence-corrected chi connectivity index (χ0v) is 8.17. The van der Waals surface area contributed by atoms with Crippen LogP contribution in [-0.4, -0.2) is 37.9 Å². The molecule has 0 saturated carbocycles. The fraction of sp³-hybridized carbons (Fsp3) is 0.667. The van der Waals surface area contributed by atoms with Gasteiger partial charge in [0.1, 0.15) is 0 Å². The Labute approximate surface area is 78.6 Å². The average molecular weight is 187 g/mol. The van der Waals surface area contributed by atoms with E-state index in [2.05, 4.69) is 11.9 Å². The van der Waals surface area contributed by atoms with Crippen LogP contribution in [0.1, 0.15) is 6.92 Å². The molecule has 0 spiro atoms. The van der Waals surface area contributed by atoms with Gasteiger partial charge in [-0.15, -0.1) is 0 Å². The van der Waals surface area contributed by atoms with Crippen molar-refractivity contribution in [1.29, 1.82) is 0 Å². The van der Waals surface area contributed by atoms with Crippen LogP contribution in [0, 0.1) is 5.92 Å². The summed E-state index contributed by atoms with van der Waals surface area (Å²) >= 11 is 0. The molecule has 0 aromatic carbocycles. The molecule has 1 atom stereocenters. The Morgan fingerprint density at radius 2 is 2.31 bits per heavy atom. The van der Waals surface area contributed by atoms with Crippen LogP contribution in [0.5, 0.6) is 0 Å². The number of methoxy groups -OCH3 is 1. The lowest BCUT2D eigenvalue weighted by Gasteiger charge is -2.10. The molecule has 0 radical (unpaired) electrons. The first-order valence-corrected chi connectivity index (χ1v) is 4.18. The topological polar surface area (TPSA) is 58.6 Å². The van der Waals surface area contributed by atoms with Gasteiger partial charge in [0.15, 0.2) is 0 Å². The van der Waals surface area contributed by atoms with Crippen LogP contribution in [0.15, 0.2) is 12.2 Å². The number of aliphatic carboxylic acids is 1. The number of carboxylic acid groups (broad SMARTS) is 1. The highest BCUT2D eigenvalue weighted by Gasteiger charge is 2.04. The third-order valence-electron chi connectivity index (χ3n) is 1.58. The molecule has 4 heteroatoms. The molecule has 0 heterocycles. The number of ether oxygens (including phenoxy) is 1. The van der Waals surface area contributed by atoms with Gasteiger partial charge in [-0.25, -0.2) is 4.79 Å². The molecule has 0 aliphatic heterocycles. The minimum Gasteiger partial charge on any atom is -0.478 e. The van der Waals surface area contributed by atoms with Gasteiger partial charge in [-0.2, -0.15) is 0 Å². The van der Waals surface area contributed by atoms with Gasteiger partial charge in [0.25, 0.3) is 0 Å². The second-order valence-corrected chi connectivity index (χ2v) is 3.10. The van der Waals surface area contributed by atoms with Gasteiger partial charge >= 0.3 is 5.97 Å². The van der Waals surface area contributed by atoms with Crippen molar-refractivity contribution in [3.05, 3.63) is 12.2 Å². The van der Waals surface area contributed by atoms with E-state index in [0.29, 0.717) is 19.1 Å². The van der Waals surface area contributed by atoms with E-state index in [1.165, 1.54) is 0 Å². The third-order valence-corrected chi connectivity index (χ3v) is 1.58. The van der Waals surface area contributed by atoms with Crippen molar-refractivity contribution in [2.24, 2.45) is 5.92 Å². The van der Waals surface area contributed by atoms with Crippen molar-refractivity contribution in [2.45, 2.75) is 6.92 Å². The minimum absolute atomic E-state index is 0.185. The number of rotatable bonds is 7. The Balaban J connectivity index is 3.44. The number of carbonyl (C=O) groups is 1. The SMILES string of the molecule is C=C(CNCC(C)COC)C(=O)O. The molecule has 76 valence electrons. The molecule has 0 aromatic heterocycles. The van der Waals surface area contributed by atoms with E-state index in [1.807, 2.05) is 6.92 Å². The van der Waals surface area contributed by atoms with Crippen molar-refractivity contribution >= 4 is 5.97 Å². The normalized spacial score (nSPS) is 12.5. The second kappa shape index (κ2) is 6.62. The number of hydrogen-bond acceptors (Lipinski definition) is 3. The van der Waals surface area contributed by atoms with Crippen LogP contribution in [0.2, 0.25) is 0 Å². The minimum atomic E-state index is -0.952. The molecule has 0 fully saturated rings. The first-order chi connectivity index (χ1) is 6.07. The molecule has 0 bridgehead atoms. The van der Waals surface area contributed by atoms with E-state index in [9.17, 15) is 4.79 Å². The monoisotopic (exact) mass is 187 g/mol. The van der Waals surface area contributed by atoms with E-state index in [0.717, 1.165) is 6.54 Å². The largest absolute Gasteiger partial charge is 0.478 e. The summed E-state index contributed by atoms with van der Waals surface area (Å²) in [5, 5.41) is 11.5. The smallest absolute Gasteiger partial charge is 0.332 e. The summed E-state index contributed by atoms with van der Waals surface area (Å²) in [6.45, 7) is 7.16. The standard InChI is InChI=1S/C9H17NO3/c1-7(6-13-3)4-10-5-8(2)9(11)12/h7,10H,2,4-6H2,1,3H3,(H,11,12). The molecule has 0 aromatic rings. The fourth-order valence-corrected chi connectivity index (χ4v) is 0.889. The van der Waals surface area contributed by atoms with Gasteiger partial charge < -0.3 is 15.2 Å².